The summed E-state index contributed by atoms with van der Waals surface area (Å²) in [6.45, 7) is 5.40. The van der Waals surface area contributed by atoms with Crippen LogP contribution in [0.15, 0.2) is 0 Å². The molecule has 1 aliphatic heterocycles. The summed E-state index contributed by atoms with van der Waals surface area (Å²) >= 11 is 0. The van der Waals surface area contributed by atoms with Crippen molar-refractivity contribution in [2.75, 3.05) is 0 Å². The molecule has 0 aromatic carbocycles. The fourth-order valence-corrected chi connectivity index (χ4v) is 1.38. The summed E-state index contributed by atoms with van der Waals surface area (Å²) in [4.78, 5) is 22.7. The van der Waals surface area contributed by atoms with Gasteiger partial charge in [0.15, 0.2) is 0 Å². The molecule has 3 N–H and O–H groups in total. The Morgan fingerprint density at radius 2 is 1.54 bits per heavy atom. The molecule has 1 fully saturated rings. The van der Waals surface area contributed by atoms with Gasteiger partial charge in [0.1, 0.15) is 5.92 Å². The third kappa shape index (κ3) is 1.98. The van der Waals surface area contributed by atoms with Gasteiger partial charge in [-0.2, -0.15) is 0 Å². The molecule has 0 bridgehead atoms. The Hall–Kier alpha value is -1.10. The van der Waals surface area contributed by atoms with Gasteiger partial charge in [0.2, 0.25) is 18.2 Å². The fourth-order valence-electron chi connectivity index (χ4n) is 1.38. The van der Waals surface area contributed by atoms with Crippen molar-refractivity contribution in [3.8, 4) is 0 Å². The van der Waals surface area contributed by atoms with E-state index in [0.717, 1.165) is 0 Å². The Morgan fingerprint density at radius 3 is 1.85 bits per heavy atom. The van der Waals surface area contributed by atoms with E-state index < -0.39 is 29.5 Å². The molecule has 74 valence electrons. The maximum atomic E-state index is 11.3. The summed E-state index contributed by atoms with van der Waals surface area (Å²) in [5, 5.41) is 13.5. The SMILES string of the molecule is CC(C)(C)C1C(=O)NC(O)NC1=O. The quantitative estimate of drug-likeness (QED) is 0.432. The van der Waals surface area contributed by atoms with E-state index in [1.807, 2.05) is 0 Å². The molecule has 1 rings (SSSR count). The second-order valence-electron chi connectivity index (χ2n) is 4.22. The Morgan fingerprint density at radius 1 is 1.15 bits per heavy atom. The molecule has 0 atom stereocenters. The Balaban J connectivity index is 2.86. The fraction of sp³-hybridized carbons (Fsp3) is 0.750. The van der Waals surface area contributed by atoms with Crippen LogP contribution < -0.4 is 10.6 Å². The van der Waals surface area contributed by atoms with Gasteiger partial charge in [-0.25, -0.2) is 0 Å². The summed E-state index contributed by atoms with van der Waals surface area (Å²) in [6.07, 6.45) is -1.25. The molecule has 0 unspecified atom stereocenters. The lowest BCUT2D eigenvalue weighted by Gasteiger charge is -2.33. The van der Waals surface area contributed by atoms with Gasteiger partial charge in [-0.3, -0.25) is 9.59 Å². The highest BCUT2D eigenvalue weighted by Gasteiger charge is 2.41. The van der Waals surface area contributed by atoms with Crippen molar-refractivity contribution in [1.29, 1.82) is 0 Å². The highest BCUT2D eigenvalue weighted by atomic mass is 16.3. The summed E-state index contributed by atoms with van der Waals surface area (Å²) in [5.41, 5.74) is -0.436. The third-order valence-electron chi connectivity index (χ3n) is 1.95. The van der Waals surface area contributed by atoms with Crippen LogP contribution in [0.4, 0.5) is 0 Å². The molecule has 5 nitrogen and oxygen atoms in total. The van der Waals surface area contributed by atoms with Crippen LogP contribution in [0.1, 0.15) is 20.8 Å². The molecule has 0 aliphatic carbocycles. The van der Waals surface area contributed by atoms with E-state index in [2.05, 4.69) is 10.6 Å². The number of carbonyl (C=O) groups excluding carboxylic acids is 2. The van der Waals surface area contributed by atoms with Crippen LogP contribution in [0.2, 0.25) is 0 Å². The Labute approximate surface area is 76.5 Å². The monoisotopic (exact) mass is 186 g/mol. The van der Waals surface area contributed by atoms with Gasteiger partial charge in [0.05, 0.1) is 0 Å². The van der Waals surface area contributed by atoms with Crippen molar-refractivity contribution in [3.05, 3.63) is 0 Å². The minimum atomic E-state index is -1.25. The van der Waals surface area contributed by atoms with Crippen molar-refractivity contribution in [3.63, 3.8) is 0 Å². The minimum Gasteiger partial charge on any atom is -0.356 e. The summed E-state index contributed by atoms with van der Waals surface area (Å²) < 4.78 is 0. The summed E-state index contributed by atoms with van der Waals surface area (Å²) in [5.74, 6) is -1.59. The first-order chi connectivity index (χ1) is 5.82. The molecule has 5 heteroatoms. The normalized spacial score (nSPS) is 29.5. The van der Waals surface area contributed by atoms with Gasteiger partial charge >= 0.3 is 0 Å². The summed E-state index contributed by atoms with van der Waals surface area (Å²) in [6, 6.07) is 0. The zero-order valence-corrected chi connectivity index (χ0v) is 7.92. The zero-order chi connectivity index (χ0) is 10.2. The molecule has 0 radical (unpaired) electrons. The number of amides is 2. The molecule has 1 saturated heterocycles. The van der Waals surface area contributed by atoms with E-state index in [0.29, 0.717) is 0 Å². The number of hydrogen-bond donors (Lipinski definition) is 3. The first-order valence-electron chi connectivity index (χ1n) is 4.11. The van der Waals surface area contributed by atoms with Gasteiger partial charge in [0.25, 0.3) is 0 Å². The maximum absolute atomic E-state index is 11.3. The predicted molar refractivity (Wildman–Crippen MR) is 45.2 cm³/mol. The average Bonchev–Trinajstić information content (AvgIpc) is 1.78. The second-order valence-corrected chi connectivity index (χ2v) is 4.22. The smallest absolute Gasteiger partial charge is 0.236 e. The zero-order valence-electron chi connectivity index (χ0n) is 7.92. The van der Waals surface area contributed by atoms with Gasteiger partial charge in [-0.05, 0) is 5.41 Å². The van der Waals surface area contributed by atoms with Crippen LogP contribution >= 0.6 is 0 Å². The standard InChI is InChI=1S/C8H14N2O3/c1-8(2,3)4-5(11)9-7(13)10-6(4)12/h4,7,13H,1-3H3,(H,9,11)(H,10,12). The number of aliphatic hydroxyl groups excluding tert-OH is 1. The number of aliphatic hydroxyl groups is 1. The van der Waals surface area contributed by atoms with Gasteiger partial charge in [0, 0.05) is 0 Å². The van der Waals surface area contributed by atoms with E-state index in [1.165, 1.54) is 0 Å². The molecule has 0 saturated carbocycles. The van der Waals surface area contributed by atoms with E-state index in [9.17, 15) is 9.59 Å². The maximum Gasteiger partial charge on any atom is 0.236 e. The van der Waals surface area contributed by atoms with Crippen LogP contribution in [0.25, 0.3) is 0 Å². The van der Waals surface area contributed by atoms with E-state index in [1.54, 1.807) is 20.8 Å². The van der Waals surface area contributed by atoms with Crippen LogP contribution in [0, 0.1) is 11.3 Å². The van der Waals surface area contributed by atoms with Crippen molar-refractivity contribution in [2.24, 2.45) is 11.3 Å². The molecular weight excluding hydrogens is 172 g/mol. The van der Waals surface area contributed by atoms with Crippen LogP contribution in [0.3, 0.4) is 0 Å². The Kier molecular flexibility index (Phi) is 2.30. The lowest BCUT2D eigenvalue weighted by molar-refractivity contribution is -0.150. The van der Waals surface area contributed by atoms with Gasteiger partial charge in [-0.1, -0.05) is 20.8 Å². The van der Waals surface area contributed by atoms with Gasteiger partial charge in [-0.15, -0.1) is 0 Å². The first kappa shape index (κ1) is 9.98. The molecule has 2 amide bonds. The lowest BCUT2D eigenvalue weighted by atomic mass is 9.79. The van der Waals surface area contributed by atoms with E-state index in [-0.39, 0.29) is 0 Å². The molecule has 1 heterocycles. The van der Waals surface area contributed by atoms with Crippen molar-refractivity contribution < 1.29 is 14.7 Å². The highest BCUT2D eigenvalue weighted by Crippen LogP contribution is 2.27. The topological polar surface area (TPSA) is 78.4 Å². The largest absolute Gasteiger partial charge is 0.356 e. The molecule has 13 heavy (non-hydrogen) atoms. The molecule has 1 aliphatic rings. The van der Waals surface area contributed by atoms with Crippen molar-refractivity contribution >= 4 is 11.8 Å². The van der Waals surface area contributed by atoms with Crippen molar-refractivity contribution in [1.82, 2.24) is 10.6 Å². The van der Waals surface area contributed by atoms with E-state index in [4.69, 9.17) is 5.11 Å². The average molecular weight is 186 g/mol. The van der Waals surface area contributed by atoms with Crippen molar-refractivity contribution in [2.45, 2.75) is 27.1 Å². The number of rotatable bonds is 0. The number of carbonyl (C=O) groups is 2. The summed E-state index contributed by atoms with van der Waals surface area (Å²) in [7, 11) is 0. The second kappa shape index (κ2) is 2.99. The molecule has 0 aromatic heterocycles. The predicted octanol–water partition coefficient (Wildman–Crippen LogP) is -0.829. The molecule has 0 spiro atoms. The number of hydrogen-bond acceptors (Lipinski definition) is 3. The van der Waals surface area contributed by atoms with Crippen LogP contribution in [-0.2, 0) is 9.59 Å². The number of nitrogens with one attached hydrogen (secondary N) is 2. The van der Waals surface area contributed by atoms with Crippen LogP contribution in [-0.4, -0.2) is 23.3 Å². The highest BCUT2D eigenvalue weighted by molar-refractivity contribution is 6.03. The molecular formula is C8H14N2O3. The van der Waals surface area contributed by atoms with E-state index >= 15 is 0 Å². The Bertz CT molecular complexity index is 226. The minimum absolute atomic E-state index is 0.427. The first-order valence-corrected chi connectivity index (χ1v) is 4.11. The lowest BCUT2D eigenvalue weighted by Crippen LogP contribution is -2.61. The van der Waals surface area contributed by atoms with Crippen LogP contribution in [0.5, 0.6) is 0 Å². The third-order valence-corrected chi connectivity index (χ3v) is 1.95. The van der Waals surface area contributed by atoms with Gasteiger partial charge < -0.3 is 15.7 Å². The molecule has 0 aromatic rings.